The van der Waals surface area contributed by atoms with Gasteiger partial charge in [0.05, 0.1) is 23.7 Å². The molecule has 0 aliphatic carbocycles. The van der Waals surface area contributed by atoms with Crippen LogP contribution in [0.3, 0.4) is 0 Å². The van der Waals surface area contributed by atoms with E-state index in [0.29, 0.717) is 16.7 Å². The van der Waals surface area contributed by atoms with E-state index >= 15 is 0 Å². The summed E-state index contributed by atoms with van der Waals surface area (Å²) in [5, 5.41) is 10.8. The molecule has 2 N–H and O–H groups in total. The largest absolute Gasteiger partial charge is 0.338 e. The number of rotatable bonds is 2. The smallest absolute Gasteiger partial charge is 0.263 e. The molecule has 1 aliphatic rings. The first-order chi connectivity index (χ1) is 12.4. The fraction of sp³-hybridized carbons (Fsp3) is 0.400. The molecule has 0 bridgehead atoms. The first kappa shape index (κ1) is 16.4. The standard InChI is InChI=1S/C15H15F2N7O2/c1-8-9(13(26)23-4-2-15(16,17)3-5-23)7-19-24(8)14-20-11-10(6-18-22-11)12(25)21-14/h6-7H,2-5H2,1H3,(H2,18,20,21,22,25). The van der Waals surface area contributed by atoms with Gasteiger partial charge >= 0.3 is 0 Å². The lowest BCUT2D eigenvalue weighted by molar-refractivity contribution is -0.0494. The van der Waals surface area contributed by atoms with Crippen molar-refractivity contribution in [3.05, 3.63) is 34.0 Å². The number of fused-ring (bicyclic) bond motifs is 1. The molecule has 4 rings (SSSR count). The van der Waals surface area contributed by atoms with Gasteiger partial charge in [-0.3, -0.25) is 19.7 Å². The monoisotopic (exact) mass is 363 g/mol. The molecule has 136 valence electrons. The summed E-state index contributed by atoms with van der Waals surface area (Å²) < 4.78 is 27.9. The molecule has 1 amide bonds. The highest BCUT2D eigenvalue weighted by atomic mass is 19.3. The first-order valence-corrected chi connectivity index (χ1v) is 8.01. The van der Waals surface area contributed by atoms with E-state index in [9.17, 15) is 18.4 Å². The number of aromatic amines is 2. The number of carbonyl (C=O) groups is 1. The molecule has 0 unspecified atom stereocenters. The van der Waals surface area contributed by atoms with Gasteiger partial charge in [0.15, 0.2) is 5.65 Å². The van der Waals surface area contributed by atoms with Gasteiger partial charge in [-0.25, -0.2) is 13.5 Å². The van der Waals surface area contributed by atoms with Crippen LogP contribution >= 0.6 is 0 Å². The van der Waals surface area contributed by atoms with Crippen LogP contribution in [0.5, 0.6) is 0 Å². The number of amides is 1. The summed E-state index contributed by atoms with van der Waals surface area (Å²) in [6.07, 6.45) is 2.01. The van der Waals surface area contributed by atoms with Crippen molar-refractivity contribution in [1.29, 1.82) is 0 Å². The number of H-pyrrole nitrogens is 2. The highest BCUT2D eigenvalue weighted by molar-refractivity contribution is 5.95. The fourth-order valence-corrected chi connectivity index (χ4v) is 2.97. The van der Waals surface area contributed by atoms with Crippen molar-refractivity contribution in [1.82, 2.24) is 34.8 Å². The Bertz CT molecular complexity index is 1040. The number of alkyl halides is 2. The molecule has 1 fully saturated rings. The molecule has 3 aromatic heterocycles. The van der Waals surface area contributed by atoms with Gasteiger partial charge in [0.2, 0.25) is 5.95 Å². The first-order valence-electron chi connectivity index (χ1n) is 8.01. The Morgan fingerprint density at radius 3 is 2.73 bits per heavy atom. The van der Waals surface area contributed by atoms with Crippen LogP contribution < -0.4 is 5.56 Å². The maximum atomic E-state index is 13.3. The minimum atomic E-state index is -2.72. The summed E-state index contributed by atoms with van der Waals surface area (Å²) in [5.74, 6) is -2.96. The molecule has 1 saturated heterocycles. The molecule has 0 radical (unpaired) electrons. The summed E-state index contributed by atoms with van der Waals surface area (Å²) in [5.41, 5.74) is 0.640. The van der Waals surface area contributed by atoms with Crippen LogP contribution in [0.1, 0.15) is 28.9 Å². The van der Waals surface area contributed by atoms with E-state index in [-0.39, 0.29) is 48.9 Å². The number of aromatic nitrogens is 6. The van der Waals surface area contributed by atoms with Gasteiger partial charge in [-0.15, -0.1) is 0 Å². The maximum Gasteiger partial charge on any atom is 0.263 e. The topological polar surface area (TPSA) is 113 Å². The predicted molar refractivity (Wildman–Crippen MR) is 86.5 cm³/mol. The minimum absolute atomic E-state index is 0.00829. The van der Waals surface area contributed by atoms with E-state index in [1.54, 1.807) is 6.92 Å². The summed E-state index contributed by atoms with van der Waals surface area (Å²) in [4.78, 5) is 32.9. The van der Waals surface area contributed by atoms with Crippen LogP contribution in [-0.2, 0) is 0 Å². The van der Waals surface area contributed by atoms with Crippen molar-refractivity contribution in [2.75, 3.05) is 13.1 Å². The summed E-state index contributed by atoms with van der Waals surface area (Å²) in [6.45, 7) is 1.63. The van der Waals surface area contributed by atoms with Crippen molar-refractivity contribution in [3.8, 4) is 5.95 Å². The Balaban J connectivity index is 1.65. The number of likely N-dealkylation sites (tertiary alicyclic amines) is 1. The van der Waals surface area contributed by atoms with Crippen molar-refractivity contribution in [2.45, 2.75) is 25.7 Å². The summed E-state index contributed by atoms with van der Waals surface area (Å²) >= 11 is 0. The number of halogens is 2. The molecule has 11 heteroatoms. The van der Waals surface area contributed by atoms with Crippen molar-refractivity contribution in [2.24, 2.45) is 0 Å². The third-order valence-electron chi connectivity index (χ3n) is 4.53. The van der Waals surface area contributed by atoms with E-state index in [2.05, 4.69) is 25.3 Å². The zero-order valence-corrected chi connectivity index (χ0v) is 13.8. The van der Waals surface area contributed by atoms with Crippen molar-refractivity contribution < 1.29 is 13.6 Å². The van der Waals surface area contributed by atoms with Gasteiger partial charge in [0.25, 0.3) is 17.4 Å². The zero-order chi connectivity index (χ0) is 18.5. The predicted octanol–water partition coefficient (Wildman–Crippen LogP) is 1.01. The van der Waals surface area contributed by atoms with Crippen molar-refractivity contribution >= 4 is 16.9 Å². The highest BCUT2D eigenvalue weighted by Crippen LogP contribution is 2.28. The van der Waals surface area contributed by atoms with Crippen LogP contribution in [0, 0.1) is 6.92 Å². The SMILES string of the molecule is Cc1c(C(=O)N2CCC(F)(F)CC2)cnn1-c1nc2[nH]ncc2c(=O)[nH]1. The maximum absolute atomic E-state index is 13.3. The van der Waals surface area contributed by atoms with Gasteiger partial charge in [-0.05, 0) is 6.92 Å². The van der Waals surface area contributed by atoms with Crippen LogP contribution in [0.4, 0.5) is 8.78 Å². The number of hydrogen-bond acceptors (Lipinski definition) is 5. The summed E-state index contributed by atoms with van der Waals surface area (Å²) in [6, 6.07) is 0. The molecule has 0 atom stereocenters. The second-order valence-corrected chi connectivity index (χ2v) is 6.23. The minimum Gasteiger partial charge on any atom is -0.338 e. The van der Waals surface area contributed by atoms with E-state index in [4.69, 9.17) is 0 Å². The molecule has 9 nitrogen and oxygen atoms in total. The molecule has 0 saturated carbocycles. The van der Waals surface area contributed by atoms with Gasteiger partial charge in [-0.1, -0.05) is 0 Å². The molecule has 4 heterocycles. The highest BCUT2D eigenvalue weighted by Gasteiger charge is 2.36. The third-order valence-corrected chi connectivity index (χ3v) is 4.53. The molecular formula is C15H15F2N7O2. The number of nitrogens with one attached hydrogen (secondary N) is 2. The average Bonchev–Trinajstić information content (AvgIpc) is 3.21. The quantitative estimate of drug-likeness (QED) is 0.706. The second-order valence-electron chi connectivity index (χ2n) is 6.23. The molecule has 0 spiro atoms. The number of hydrogen-bond donors (Lipinski definition) is 2. The summed E-state index contributed by atoms with van der Waals surface area (Å²) in [7, 11) is 0. The van der Waals surface area contributed by atoms with E-state index in [1.807, 2.05) is 0 Å². The van der Waals surface area contributed by atoms with Gasteiger partial charge < -0.3 is 4.90 Å². The van der Waals surface area contributed by atoms with Crippen LogP contribution in [0.15, 0.2) is 17.2 Å². The van der Waals surface area contributed by atoms with Gasteiger partial charge in [0, 0.05) is 25.9 Å². The Hall–Kier alpha value is -3.11. The molecule has 26 heavy (non-hydrogen) atoms. The molecule has 3 aromatic rings. The Labute approximate surface area is 145 Å². The molecule has 1 aliphatic heterocycles. The normalized spacial score (nSPS) is 17.0. The lowest BCUT2D eigenvalue weighted by Gasteiger charge is -2.31. The lowest BCUT2D eigenvalue weighted by Crippen LogP contribution is -2.42. The second kappa shape index (κ2) is 5.71. The van der Waals surface area contributed by atoms with E-state index in [0.717, 1.165) is 0 Å². The van der Waals surface area contributed by atoms with Gasteiger partial charge in [0.1, 0.15) is 5.39 Å². The Kier molecular flexibility index (Phi) is 3.60. The average molecular weight is 363 g/mol. The van der Waals surface area contributed by atoms with Crippen molar-refractivity contribution in [3.63, 3.8) is 0 Å². The third kappa shape index (κ3) is 2.65. The van der Waals surface area contributed by atoms with Crippen LogP contribution in [0.2, 0.25) is 0 Å². The van der Waals surface area contributed by atoms with Crippen LogP contribution in [0.25, 0.3) is 17.0 Å². The molecule has 0 aromatic carbocycles. The number of piperidine rings is 1. The lowest BCUT2D eigenvalue weighted by atomic mass is 10.1. The number of nitrogens with zero attached hydrogens (tertiary/aromatic N) is 5. The van der Waals surface area contributed by atoms with Gasteiger partial charge in [-0.2, -0.15) is 15.2 Å². The number of carbonyl (C=O) groups excluding carboxylic acids is 1. The Morgan fingerprint density at radius 2 is 2.00 bits per heavy atom. The van der Waals surface area contributed by atoms with E-state index < -0.39 is 5.92 Å². The fourth-order valence-electron chi connectivity index (χ4n) is 2.97. The van der Waals surface area contributed by atoms with Crippen LogP contribution in [-0.4, -0.2) is 59.8 Å². The molecular weight excluding hydrogens is 348 g/mol. The Morgan fingerprint density at radius 1 is 1.27 bits per heavy atom. The zero-order valence-electron chi connectivity index (χ0n) is 13.8. The van der Waals surface area contributed by atoms with E-state index in [1.165, 1.54) is 22.0 Å².